The monoisotopic (exact) mass is 378 g/mol. The first-order chi connectivity index (χ1) is 12.0. The SMILES string of the molecule is COC(=O)c1ccccc1-c1nnc(-c2cc(Cl)c(OC)c(Cl)c2)o1. The van der Waals surface area contributed by atoms with Crippen molar-refractivity contribution in [3.8, 4) is 28.7 Å². The van der Waals surface area contributed by atoms with E-state index in [0.29, 0.717) is 32.5 Å². The summed E-state index contributed by atoms with van der Waals surface area (Å²) in [5, 5.41) is 8.64. The van der Waals surface area contributed by atoms with Crippen molar-refractivity contribution in [2.75, 3.05) is 14.2 Å². The number of carbonyl (C=O) groups excluding carboxylic acids is 1. The van der Waals surface area contributed by atoms with Crippen LogP contribution in [0.5, 0.6) is 5.75 Å². The topological polar surface area (TPSA) is 74.5 Å². The summed E-state index contributed by atoms with van der Waals surface area (Å²) in [4.78, 5) is 11.9. The van der Waals surface area contributed by atoms with Crippen LogP contribution in [0.4, 0.5) is 0 Å². The first-order valence-corrected chi connectivity index (χ1v) is 7.85. The second-order valence-corrected chi connectivity index (χ2v) is 5.74. The minimum atomic E-state index is -0.495. The summed E-state index contributed by atoms with van der Waals surface area (Å²) in [6.07, 6.45) is 0. The minimum Gasteiger partial charge on any atom is -0.494 e. The Balaban J connectivity index is 2.04. The lowest BCUT2D eigenvalue weighted by Crippen LogP contribution is -2.03. The fourth-order valence-electron chi connectivity index (χ4n) is 2.28. The van der Waals surface area contributed by atoms with E-state index in [1.807, 2.05) is 0 Å². The van der Waals surface area contributed by atoms with Gasteiger partial charge in [0, 0.05) is 5.56 Å². The summed E-state index contributed by atoms with van der Waals surface area (Å²) in [6, 6.07) is 10.00. The van der Waals surface area contributed by atoms with Crippen LogP contribution in [0, 0.1) is 0 Å². The van der Waals surface area contributed by atoms with Gasteiger partial charge in [0.1, 0.15) is 0 Å². The number of nitrogens with zero attached hydrogens (tertiary/aromatic N) is 2. The molecule has 1 heterocycles. The van der Waals surface area contributed by atoms with Gasteiger partial charge in [-0.25, -0.2) is 4.79 Å². The van der Waals surface area contributed by atoms with Gasteiger partial charge in [-0.15, -0.1) is 10.2 Å². The molecule has 0 N–H and O–H groups in total. The van der Waals surface area contributed by atoms with Gasteiger partial charge in [-0.1, -0.05) is 35.3 Å². The molecule has 3 aromatic rings. The van der Waals surface area contributed by atoms with Crippen LogP contribution in [0.2, 0.25) is 10.0 Å². The molecule has 1 aromatic heterocycles. The van der Waals surface area contributed by atoms with Crippen LogP contribution < -0.4 is 4.74 Å². The number of aromatic nitrogens is 2. The zero-order valence-electron chi connectivity index (χ0n) is 13.2. The molecule has 0 atom stereocenters. The highest BCUT2D eigenvalue weighted by molar-refractivity contribution is 6.37. The Morgan fingerprint density at radius 1 is 1.04 bits per heavy atom. The molecule has 0 unspecified atom stereocenters. The molecule has 128 valence electrons. The van der Waals surface area contributed by atoms with Gasteiger partial charge >= 0.3 is 5.97 Å². The Kier molecular flexibility index (Phi) is 4.92. The predicted molar refractivity (Wildman–Crippen MR) is 93.1 cm³/mol. The third-order valence-corrected chi connectivity index (χ3v) is 4.00. The minimum absolute atomic E-state index is 0.180. The van der Waals surface area contributed by atoms with E-state index in [4.69, 9.17) is 37.1 Å². The van der Waals surface area contributed by atoms with Crippen LogP contribution in [0.3, 0.4) is 0 Å². The molecule has 6 nitrogen and oxygen atoms in total. The Labute approximate surface area is 153 Å². The van der Waals surface area contributed by atoms with E-state index < -0.39 is 5.97 Å². The van der Waals surface area contributed by atoms with Crippen molar-refractivity contribution in [1.29, 1.82) is 0 Å². The number of methoxy groups -OCH3 is 2. The van der Waals surface area contributed by atoms with Crippen molar-refractivity contribution < 1.29 is 18.7 Å². The van der Waals surface area contributed by atoms with Crippen LogP contribution in [-0.4, -0.2) is 30.4 Å². The Hall–Kier alpha value is -2.57. The molecule has 25 heavy (non-hydrogen) atoms. The third-order valence-electron chi connectivity index (χ3n) is 3.44. The fourth-order valence-corrected chi connectivity index (χ4v) is 2.93. The first-order valence-electron chi connectivity index (χ1n) is 7.09. The first kappa shape index (κ1) is 17.3. The van der Waals surface area contributed by atoms with E-state index in [1.54, 1.807) is 36.4 Å². The van der Waals surface area contributed by atoms with Gasteiger partial charge in [0.25, 0.3) is 0 Å². The van der Waals surface area contributed by atoms with Gasteiger partial charge in [-0.2, -0.15) is 0 Å². The van der Waals surface area contributed by atoms with Gasteiger partial charge in [-0.05, 0) is 24.3 Å². The lowest BCUT2D eigenvalue weighted by molar-refractivity contribution is 0.0601. The average molecular weight is 379 g/mol. The predicted octanol–water partition coefficient (Wildman–Crippen LogP) is 4.51. The summed E-state index contributed by atoms with van der Waals surface area (Å²) < 4.78 is 15.6. The van der Waals surface area contributed by atoms with Crippen molar-refractivity contribution in [3.05, 3.63) is 52.0 Å². The van der Waals surface area contributed by atoms with Crippen LogP contribution in [0.15, 0.2) is 40.8 Å². The molecular weight excluding hydrogens is 367 g/mol. The molecule has 0 aliphatic rings. The summed E-state index contributed by atoms with van der Waals surface area (Å²) >= 11 is 12.3. The van der Waals surface area contributed by atoms with Crippen LogP contribution in [0.1, 0.15) is 10.4 Å². The average Bonchev–Trinajstić information content (AvgIpc) is 3.10. The maximum absolute atomic E-state index is 11.9. The Morgan fingerprint density at radius 3 is 2.32 bits per heavy atom. The molecule has 0 aliphatic carbocycles. The third kappa shape index (κ3) is 3.31. The quantitative estimate of drug-likeness (QED) is 0.621. The van der Waals surface area contributed by atoms with Gasteiger partial charge in [0.05, 0.1) is 35.4 Å². The van der Waals surface area contributed by atoms with E-state index >= 15 is 0 Å². The van der Waals surface area contributed by atoms with Crippen LogP contribution in [0.25, 0.3) is 22.9 Å². The largest absolute Gasteiger partial charge is 0.494 e. The molecule has 8 heteroatoms. The van der Waals surface area contributed by atoms with Crippen molar-refractivity contribution in [3.63, 3.8) is 0 Å². The zero-order chi connectivity index (χ0) is 18.0. The molecule has 3 rings (SSSR count). The molecule has 0 amide bonds. The second-order valence-electron chi connectivity index (χ2n) is 4.92. The molecular formula is C17H12Cl2N2O4. The van der Waals surface area contributed by atoms with Crippen molar-refractivity contribution in [2.45, 2.75) is 0 Å². The maximum Gasteiger partial charge on any atom is 0.338 e. The Morgan fingerprint density at radius 2 is 1.68 bits per heavy atom. The smallest absolute Gasteiger partial charge is 0.338 e. The molecule has 0 saturated carbocycles. The van der Waals surface area contributed by atoms with E-state index in [-0.39, 0.29) is 11.8 Å². The molecule has 0 saturated heterocycles. The van der Waals surface area contributed by atoms with Gasteiger partial charge in [0.2, 0.25) is 11.8 Å². The van der Waals surface area contributed by atoms with Crippen molar-refractivity contribution >= 4 is 29.2 Å². The van der Waals surface area contributed by atoms with Gasteiger partial charge in [0.15, 0.2) is 5.75 Å². The summed E-state index contributed by atoms with van der Waals surface area (Å²) in [6.45, 7) is 0. The highest BCUT2D eigenvalue weighted by Gasteiger charge is 2.19. The van der Waals surface area contributed by atoms with Crippen LogP contribution in [-0.2, 0) is 4.74 Å². The lowest BCUT2D eigenvalue weighted by Gasteiger charge is -2.06. The second kappa shape index (κ2) is 7.13. The number of hydrogen-bond donors (Lipinski definition) is 0. The molecule has 0 spiro atoms. The van der Waals surface area contributed by atoms with Crippen molar-refractivity contribution in [1.82, 2.24) is 10.2 Å². The molecule has 0 aliphatic heterocycles. The Bertz CT molecular complexity index is 917. The van der Waals surface area contributed by atoms with E-state index in [0.717, 1.165) is 0 Å². The number of hydrogen-bond acceptors (Lipinski definition) is 6. The zero-order valence-corrected chi connectivity index (χ0v) is 14.8. The fraction of sp³-hybridized carbons (Fsp3) is 0.118. The van der Waals surface area contributed by atoms with E-state index in [2.05, 4.69) is 10.2 Å². The molecule has 2 aromatic carbocycles. The van der Waals surface area contributed by atoms with Gasteiger partial charge in [-0.3, -0.25) is 0 Å². The molecule has 0 radical (unpaired) electrons. The van der Waals surface area contributed by atoms with Crippen molar-refractivity contribution in [2.24, 2.45) is 0 Å². The molecule has 0 bridgehead atoms. The van der Waals surface area contributed by atoms with Gasteiger partial charge < -0.3 is 13.9 Å². The normalized spacial score (nSPS) is 10.6. The number of benzene rings is 2. The van der Waals surface area contributed by atoms with Crippen LogP contribution >= 0.6 is 23.2 Å². The molecule has 0 fully saturated rings. The van der Waals surface area contributed by atoms with E-state index in [1.165, 1.54) is 14.2 Å². The summed E-state index contributed by atoms with van der Waals surface area (Å²) in [5.41, 5.74) is 1.33. The van der Waals surface area contributed by atoms with E-state index in [9.17, 15) is 4.79 Å². The number of rotatable bonds is 4. The standard InChI is InChI=1S/C17H12Cl2N2O4/c1-23-14-12(18)7-9(8-13(14)19)15-20-21-16(25-15)10-5-3-4-6-11(10)17(22)24-2/h3-8H,1-2H3. The summed E-state index contributed by atoms with van der Waals surface area (Å²) in [5.74, 6) is 0.258. The number of esters is 1. The number of ether oxygens (including phenoxy) is 2. The maximum atomic E-state index is 11.9. The number of carbonyl (C=O) groups is 1. The summed E-state index contributed by atoms with van der Waals surface area (Å²) in [7, 11) is 2.78. The lowest BCUT2D eigenvalue weighted by atomic mass is 10.1. The highest BCUT2D eigenvalue weighted by Crippen LogP contribution is 2.37. The highest BCUT2D eigenvalue weighted by atomic mass is 35.5. The number of halogens is 2.